The van der Waals surface area contributed by atoms with Crippen molar-refractivity contribution in [3.05, 3.63) is 0 Å². The van der Waals surface area contributed by atoms with E-state index in [0.29, 0.717) is 12.8 Å². The normalized spacial score (nSPS) is 19.0. The van der Waals surface area contributed by atoms with Crippen molar-refractivity contribution in [1.29, 1.82) is 0 Å². The molecule has 4 N–H and O–H groups in total. The van der Waals surface area contributed by atoms with E-state index in [4.69, 9.17) is 20.7 Å². The van der Waals surface area contributed by atoms with Gasteiger partial charge in [-0.05, 0) is 0 Å². The Labute approximate surface area is 97.5 Å². The van der Waals surface area contributed by atoms with E-state index in [1.54, 1.807) is 0 Å². The summed E-state index contributed by atoms with van der Waals surface area (Å²) in [6.07, 6.45) is -4.43. The second-order valence-electron chi connectivity index (χ2n) is 2.91. The minimum absolute atomic E-state index is 0.294. The summed E-state index contributed by atoms with van der Waals surface area (Å²) in [5.74, 6) is -4.28. The molecule has 1 aliphatic heterocycles. The molecule has 0 unspecified atom stereocenters. The van der Waals surface area contributed by atoms with Gasteiger partial charge in [0, 0.05) is 0 Å². The van der Waals surface area contributed by atoms with Gasteiger partial charge < -0.3 is 15.9 Å². The average molecular weight is 271 g/mol. The van der Waals surface area contributed by atoms with E-state index >= 15 is 0 Å². The largest absolute Gasteiger partial charge is 0.490 e. The zero-order valence-electron chi connectivity index (χ0n) is 8.59. The Morgan fingerprint density at radius 1 is 1.44 bits per heavy atom. The van der Waals surface area contributed by atoms with Crippen molar-refractivity contribution in [3.8, 4) is 0 Å². The first-order chi connectivity index (χ1) is 8.05. The van der Waals surface area contributed by atoms with Crippen LogP contribution >= 0.6 is 0 Å². The Kier molecular flexibility index (Phi) is 5.23. The van der Waals surface area contributed by atoms with E-state index < -0.39 is 24.2 Å². The molecule has 1 saturated heterocycles. The number of amides is 1. The lowest BCUT2D eigenvalue weighted by atomic mass is 10.2. The maximum absolute atomic E-state index is 10.7. The van der Waals surface area contributed by atoms with Gasteiger partial charge in [0.1, 0.15) is 12.3 Å². The molecule has 11 heteroatoms. The van der Waals surface area contributed by atoms with Gasteiger partial charge in [0.15, 0.2) is 0 Å². The summed E-state index contributed by atoms with van der Waals surface area (Å²) in [7, 11) is 0. The number of hydrogen-bond acceptors (Lipinski definition) is 5. The number of carbonyl (C=O) groups is 3. The van der Waals surface area contributed by atoms with Crippen molar-refractivity contribution in [1.82, 2.24) is 5.01 Å². The van der Waals surface area contributed by atoms with Gasteiger partial charge in [-0.2, -0.15) is 18.3 Å². The first-order valence-electron chi connectivity index (χ1n) is 4.19. The van der Waals surface area contributed by atoms with E-state index in [1.807, 2.05) is 0 Å². The van der Waals surface area contributed by atoms with Gasteiger partial charge in [0.05, 0.1) is 6.54 Å². The number of hydrogen-bond donors (Lipinski definition) is 3. The highest BCUT2D eigenvalue weighted by atomic mass is 19.4. The van der Waals surface area contributed by atoms with Crippen LogP contribution in [-0.4, -0.2) is 58.0 Å². The molecule has 0 bridgehead atoms. The van der Waals surface area contributed by atoms with Crippen molar-refractivity contribution >= 4 is 24.1 Å². The van der Waals surface area contributed by atoms with Gasteiger partial charge in [0.25, 0.3) is 5.91 Å². The highest BCUT2D eigenvalue weighted by Gasteiger charge is 2.38. The molecule has 0 spiro atoms. The minimum Gasteiger partial charge on any atom is -0.477 e. The van der Waals surface area contributed by atoms with Crippen LogP contribution in [0.3, 0.4) is 0 Å². The number of β-lactam (4-membered cyclic amide) rings is 1. The highest BCUT2D eigenvalue weighted by molar-refractivity contribution is 6.22. The van der Waals surface area contributed by atoms with Crippen LogP contribution in [0.2, 0.25) is 0 Å². The molecule has 1 heterocycles. The topological polar surface area (TPSA) is 133 Å². The Morgan fingerprint density at radius 3 is 2.11 bits per heavy atom. The van der Waals surface area contributed by atoms with Crippen molar-refractivity contribution in [3.63, 3.8) is 0 Å². The van der Waals surface area contributed by atoms with Crippen molar-refractivity contribution in [2.24, 2.45) is 10.8 Å². The number of carboxylic acid groups (broad SMARTS) is 2. The van der Waals surface area contributed by atoms with Gasteiger partial charge in [-0.3, -0.25) is 4.79 Å². The van der Waals surface area contributed by atoms with Crippen molar-refractivity contribution < 1.29 is 37.8 Å². The van der Waals surface area contributed by atoms with Crippen LogP contribution in [0.15, 0.2) is 5.10 Å². The van der Waals surface area contributed by atoms with E-state index in [-0.39, 0.29) is 5.91 Å². The van der Waals surface area contributed by atoms with E-state index in [0.717, 1.165) is 5.01 Å². The van der Waals surface area contributed by atoms with Crippen molar-refractivity contribution in [2.75, 3.05) is 6.54 Å². The molecule has 1 rings (SSSR count). The van der Waals surface area contributed by atoms with Gasteiger partial charge in [0.2, 0.25) is 0 Å². The lowest BCUT2D eigenvalue weighted by Crippen LogP contribution is -2.58. The van der Waals surface area contributed by atoms with Crippen LogP contribution in [0.1, 0.15) is 0 Å². The smallest absolute Gasteiger partial charge is 0.477 e. The summed E-state index contributed by atoms with van der Waals surface area (Å²) in [5, 5.41) is 19.6. The van der Waals surface area contributed by atoms with E-state index in [1.165, 1.54) is 0 Å². The van der Waals surface area contributed by atoms with Crippen molar-refractivity contribution in [2.45, 2.75) is 12.2 Å². The van der Waals surface area contributed by atoms with Gasteiger partial charge in [-0.15, -0.1) is 0 Å². The minimum atomic E-state index is -5.08. The van der Waals surface area contributed by atoms with Crippen LogP contribution in [-0.2, 0) is 14.4 Å². The second kappa shape index (κ2) is 5.95. The Balaban J connectivity index is 0.000000360. The van der Waals surface area contributed by atoms with Crippen LogP contribution < -0.4 is 5.73 Å². The summed E-state index contributed by atoms with van der Waals surface area (Å²) in [5.41, 5.74) is 5.21. The molecule has 1 aliphatic rings. The molecule has 1 atom stereocenters. The molecule has 18 heavy (non-hydrogen) atoms. The monoisotopic (exact) mass is 271 g/mol. The lowest BCUT2D eigenvalue weighted by Gasteiger charge is -2.30. The quantitative estimate of drug-likeness (QED) is 0.429. The number of aliphatic carboxylic acids is 2. The van der Waals surface area contributed by atoms with Crippen LogP contribution in [0.5, 0.6) is 0 Å². The SMILES string of the molecule is N[C@H]1CN(N=CC(=O)O)C1=O.O=C(O)C(F)(F)F. The molecule has 0 aromatic heterocycles. The zero-order valence-corrected chi connectivity index (χ0v) is 8.59. The molecule has 0 aromatic rings. The van der Waals surface area contributed by atoms with Gasteiger partial charge in [-0.25, -0.2) is 14.6 Å². The number of rotatable bonds is 2. The second-order valence-corrected chi connectivity index (χ2v) is 2.91. The maximum atomic E-state index is 10.7. The number of nitrogens with two attached hydrogens (primary N) is 1. The molecule has 0 radical (unpaired) electrons. The number of nitrogens with zero attached hydrogens (tertiary/aromatic N) is 2. The molecular weight excluding hydrogens is 263 g/mol. The molecule has 8 nitrogen and oxygen atoms in total. The Bertz CT molecular complexity index is 381. The molecule has 1 fully saturated rings. The molecule has 0 saturated carbocycles. The summed E-state index contributed by atoms with van der Waals surface area (Å²) in [6, 6.07) is -0.513. The molecule has 102 valence electrons. The van der Waals surface area contributed by atoms with Crippen LogP contribution in [0, 0.1) is 0 Å². The molecule has 0 aliphatic carbocycles. The van der Waals surface area contributed by atoms with Gasteiger partial charge >= 0.3 is 18.1 Å². The first-order valence-corrected chi connectivity index (χ1v) is 4.19. The average Bonchev–Trinajstić information content (AvgIpc) is 2.22. The van der Waals surface area contributed by atoms with E-state index in [2.05, 4.69) is 5.10 Å². The Hall–Kier alpha value is -2.17. The first kappa shape index (κ1) is 15.8. The summed E-state index contributed by atoms with van der Waals surface area (Å²) < 4.78 is 31.7. The Morgan fingerprint density at radius 2 is 1.89 bits per heavy atom. The zero-order chi connectivity index (χ0) is 14.5. The summed E-state index contributed by atoms with van der Waals surface area (Å²) in [4.78, 5) is 29.5. The summed E-state index contributed by atoms with van der Waals surface area (Å²) in [6.45, 7) is 0.294. The number of alkyl halides is 3. The fourth-order valence-electron chi connectivity index (χ4n) is 0.656. The number of hydrazone groups is 1. The van der Waals surface area contributed by atoms with Crippen LogP contribution in [0.25, 0.3) is 0 Å². The standard InChI is InChI=1S/C5H7N3O3.C2HF3O2/c6-3-2-8(5(3)11)7-1-4(9)10;3-2(4,5)1(6)7/h1,3H,2,6H2,(H,9,10);(H,6,7)/t3-;/m0./s1. The third-order valence-electron chi connectivity index (χ3n) is 1.49. The predicted octanol–water partition coefficient (Wildman–Crippen LogP) is -1.14. The van der Waals surface area contributed by atoms with Gasteiger partial charge in [-0.1, -0.05) is 0 Å². The molecule has 0 aromatic carbocycles. The summed E-state index contributed by atoms with van der Waals surface area (Å²) >= 11 is 0. The number of carbonyl (C=O) groups excluding carboxylic acids is 1. The maximum Gasteiger partial charge on any atom is 0.490 e. The fourth-order valence-corrected chi connectivity index (χ4v) is 0.656. The third kappa shape index (κ3) is 5.25. The van der Waals surface area contributed by atoms with E-state index in [9.17, 15) is 22.8 Å². The third-order valence-corrected chi connectivity index (χ3v) is 1.49. The highest BCUT2D eigenvalue weighted by Crippen LogP contribution is 2.13. The van der Waals surface area contributed by atoms with Crippen LogP contribution in [0.4, 0.5) is 13.2 Å². The lowest BCUT2D eigenvalue weighted by molar-refractivity contribution is -0.192. The number of halogens is 3. The molecule has 1 amide bonds. The number of carboxylic acids is 2. The predicted molar refractivity (Wildman–Crippen MR) is 49.5 cm³/mol. The molecular formula is C7H8F3N3O5. The fraction of sp³-hybridized carbons (Fsp3) is 0.429.